The van der Waals surface area contributed by atoms with Crippen molar-refractivity contribution in [3.63, 3.8) is 0 Å². The van der Waals surface area contributed by atoms with Gasteiger partial charge in [-0.15, -0.1) is 0 Å². The number of nitrogens with one attached hydrogen (secondary N) is 1. The van der Waals surface area contributed by atoms with Crippen molar-refractivity contribution in [2.45, 2.75) is 4.90 Å². The second-order valence-electron chi connectivity index (χ2n) is 6.72. The molecule has 1 fully saturated rings. The van der Waals surface area contributed by atoms with Gasteiger partial charge in [0.15, 0.2) is 0 Å². The van der Waals surface area contributed by atoms with Crippen LogP contribution < -0.4 is 14.8 Å². The fourth-order valence-electron chi connectivity index (χ4n) is 2.94. The van der Waals surface area contributed by atoms with Gasteiger partial charge in [-0.1, -0.05) is 12.7 Å². The Morgan fingerprint density at radius 3 is 2.29 bits per heavy atom. The molecule has 1 heterocycles. The molecule has 3 rings (SSSR count). The molecule has 0 radical (unpaired) electrons. The van der Waals surface area contributed by atoms with Gasteiger partial charge in [0.2, 0.25) is 10.0 Å². The van der Waals surface area contributed by atoms with Crippen LogP contribution in [0.1, 0.15) is 10.4 Å². The maximum atomic E-state index is 12.6. The minimum Gasteiger partial charge on any atom is -0.492 e. The van der Waals surface area contributed by atoms with E-state index in [0.717, 1.165) is 0 Å². The molecule has 1 aliphatic heterocycles. The third-order valence-corrected chi connectivity index (χ3v) is 6.49. The Hall–Kier alpha value is -2.88. The van der Waals surface area contributed by atoms with Gasteiger partial charge in [-0.25, -0.2) is 8.42 Å². The van der Waals surface area contributed by atoms with Gasteiger partial charge in [0, 0.05) is 18.7 Å². The normalized spacial score (nSPS) is 14.6. The summed E-state index contributed by atoms with van der Waals surface area (Å²) >= 11 is 0. The van der Waals surface area contributed by atoms with Crippen LogP contribution in [-0.2, 0) is 14.8 Å². The molecule has 0 atom stereocenters. The van der Waals surface area contributed by atoms with E-state index in [1.807, 2.05) is 0 Å². The van der Waals surface area contributed by atoms with Crippen molar-refractivity contribution in [2.24, 2.45) is 0 Å². The zero-order valence-electron chi connectivity index (χ0n) is 17.2. The topological polar surface area (TPSA) is 94.2 Å². The van der Waals surface area contributed by atoms with E-state index in [9.17, 15) is 13.2 Å². The molecule has 0 saturated carbocycles. The van der Waals surface area contributed by atoms with Crippen molar-refractivity contribution in [3.05, 3.63) is 66.7 Å². The molecule has 0 spiro atoms. The SMILES string of the molecule is C=CCOc1ccc(C(=O)NCCOc2ccc(S(=O)(=O)N3CCOCC3)cc2)cc1. The summed E-state index contributed by atoms with van der Waals surface area (Å²) in [4.78, 5) is 12.4. The average molecular weight is 447 g/mol. The summed E-state index contributed by atoms with van der Waals surface area (Å²) in [5.41, 5.74) is 0.517. The molecule has 8 nitrogen and oxygen atoms in total. The number of benzene rings is 2. The van der Waals surface area contributed by atoms with Crippen LogP contribution in [-0.4, -0.2) is 64.7 Å². The molecule has 1 saturated heterocycles. The lowest BCUT2D eigenvalue weighted by molar-refractivity contribution is 0.0730. The molecule has 31 heavy (non-hydrogen) atoms. The first-order valence-electron chi connectivity index (χ1n) is 9.93. The Kier molecular flexibility index (Phi) is 8.05. The minimum absolute atomic E-state index is 0.217. The van der Waals surface area contributed by atoms with E-state index in [2.05, 4.69) is 11.9 Å². The number of morpholine rings is 1. The summed E-state index contributed by atoms with van der Waals surface area (Å²) < 4.78 is 42.8. The van der Waals surface area contributed by atoms with Crippen molar-refractivity contribution in [3.8, 4) is 11.5 Å². The lowest BCUT2D eigenvalue weighted by Crippen LogP contribution is -2.40. The minimum atomic E-state index is -3.53. The van der Waals surface area contributed by atoms with Crippen LogP contribution in [0.5, 0.6) is 11.5 Å². The molecule has 2 aromatic rings. The lowest BCUT2D eigenvalue weighted by Gasteiger charge is -2.26. The molecule has 1 amide bonds. The highest BCUT2D eigenvalue weighted by atomic mass is 32.2. The number of ether oxygens (including phenoxy) is 3. The quantitative estimate of drug-likeness (QED) is 0.444. The first kappa shape index (κ1) is 22.8. The van der Waals surface area contributed by atoms with Gasteiger partial charge in [-0.2, -0.15) is 4.31 Å². The fourth-order valence-corrected chi connectivity index (χ4v) is 4.35. The van der Waals surface area contributed by atoms with E-state index >= 15 is 0 Å². The Labute approximate surface area is 182 Å². The van der Waals surface area contributed by atoms with Crippen LogP contribution in [0.4, 0.5) is 0 Å². The van der Waals surface area contributed by atoms with E-state index in [1.165, 1.54) is 16.4 Å². The number of carbonyl (C=O) groups excluding carboxylic acids is 1. The summed E-state index contributed by atoms with van der Waals surface area (Å²) in [6, 6.07) is 13.1. The summed E-state index contributed by atoms with van der Waals surface area (Å²) in [6.07, 6.45) is 1.65. The van der Waals surface area contributed by atoms with Crippen molar-refractivity contribution < 1.29 is 27.4 Å². The van der Waals surface area contributed by atoms with Gasteiger partial charge in [-0.05, 0) is 48.5 Å². The first-order chi connectivity index (χ1) is 15.0. The van der Waals surface area contributed by atoms with Crippen LogP contribution in [0.2, 0.25) is 0 Å². The summed E-state index contributed by atoms with van der Waals surface area (Å²) in [5, 5.41) is 2.78. The van der Waals surface area contributed by atoms with Gasteiger partial charge in [-0.3, -0.25) is 4.79 Å². The lowest BCUT2D eigenvalue weighted by atomic mass is 10.2. The maximum absolute atomic E-state index is 12.6. The molecular formula is C22H26N2O6S. The third kappa shape index (κ3) is 6.30. The van der Waals surface area contributed by atoms with Gasteiger partial charge in [0.25, 0.3) is 5.91 Å². The molecular weight excluding hydrogens is 420 g/mol. The Morgan fingerprint density at radius 2 is 1.65 bits per heavy atom. The number of amides is 1. The van der Waals surface area contributed by atoms with Crippen molar-refractivity contribution in [1.29, 1.82) is 0 Å². The Morgan fingerprint density at radius 1 is 1.03 bits per heavy atom. The molecule has 9 heteroatoms. The zero-order chi connectivity index (χ0) is 22.1. The van der Waals surface area contributed by atoms with E-state index in [4.69, 9.17) is 14.2 Å². The number of sulfonamides is 1. The van der Waals surface area contributed by atoms with Crippen molar-refractivity contribution in [1.82, 2.24) is 9.62 Å². The van der Waals surface area contributed by atoms with Crippen molar-refractivity contribution >= 4 is 15.9 Å². The molecule has 0 bridgehead atoms. The second-order valence-corrected chi connectivity index (χ2v) is 8.65. The van der Waals surface area contributed by atoms with Crippen molar-refractivity contribution in [2.75, 3.05) is 46.1 Å². The summed E-state index contributed by atoms with van der Waals surface area (Å²) in [7, 11) is -3.53. The van der Waals surface area contributed by atoms with Crippen LogP contribution in [0.15, 0.2) is 66.1 Å². The molecule has 0 aliphatic carbocycles. The molecule has 166 valence electrons. The van der Waals surface area contributed by atoms with Gasteiger partial charge < -0.3 is 19.5 Å². The van der Waals surface area contributed by atoms with E-state index < -0.39 is 10.0 Å². The highest BCUT2D eigenvalue weighted by Crippen LogP contribution is 2.20. The van der Waals surface area contributed by atoms with E-state index in [1.54, 1.807) is 42.5 Å². The second kappa shape index (κ2) is 10.9. The van der Waals surface area contributed by atoms with Crippen LogP contribution in [0.3, 0.4) is 0 Å². The Balaban J connectivity index is 1.44. The zero-order valence-corrected chi connectivity index (χ0v) is 18.0. The predicted octanol–water partition coefficient (Wildman–Crippen LogP) is 2.08. The number of rotatable bonds is 10. The number of carbonyl (C=O) groups is 1. The standard InChI is InChI=1S/C22H26N2O6S/c1-2-14-29-19-5-3-18(4-6-19)22(25)23-11-15-30-20-7-9-21(10-8-20)31(26,27)24-12-16-28-17-13-24/h2-10H,1,11-17H2,(H,23,25). The highest BCUT2D eigenvalue weighted by Gasteiger charge is 2.26. The van der Waals surface area contributed by atoms with Gasteiger partial charge >= 0.3 is 0 Å². The molecule has 1 N–H and O–H groups in total. The number of hydrogen-bond donors (Lipinski definition) is 1. The fraction of sp³-hybridized carbons (Fsp3) is 0.318. The monoisotopic (exact) mass is 446 g/mol. The van der Waals surface area contributed by atoms with E-state index in [-0.39, 0.29) is 17.4 Å². The average Bonchev–Trinajstić information content (AvgIpc) is 2.81. The molecule has 2 aromatic carbocycles. The molecule has 1 aliphatic rings. The smallest absolute Gasteiger partial charge is 0.251 e. The molecule has 0 aromatic heterocycles. The first-order valence-corrected chi connectivity index (χ1v) is 11.4. The highest BCUT2D eigenvalue weighted by molar-refractivity contribution is 7.89. The predicted molar refractivity (Wildman–Crippen MR) is 116 cm³/mol. The third-order valence-electron chi connectivity index (χ3n) is 4.57. The summed E-state index contributed by atoms with van der Waals surface area (Å²) in [6.45, 7) is 6.06. The summed E-state index contributed by atoms with van der Waals surface area (Å²) in [5.74, 6) is 0.976. The molecule has 0 unspecified atom stereocenters. The van der Waals surface area contributed by atoms with Gasteiger partial charge in [0.1, 0.15) is 24.7 Å². The largest absolute Gasteiger partial charge is 0.492 e. The maximum Gasteiger partial charge on any atom is 0.251 e. The van der Waals surface area contributed by atoms with Crippen LogP contribution in [0, 0.1) is 0 Å². The Bertz CT molecular complexity index is 968. The van der Waals surface area contributed by atoms with Crippen LogP contribution in [0.25, 0.3) is 0 Å². The van der Waals surface area contributed by atoms with Gasteiger partial charge in [0.05, 0.1) is 24.7 Å². The number of hydrogen-bond acceptors (Lipinski definition) is 6. The van der Waals surface area contributed by atoms with E-state index in [0.29, 0.717) is 56.5 Å². The van der Waals surface area contributed by atoms with Crippen LogP contribution >= 0.6 is 0 Å². The number of nitrogens with zero attached hydrogens (tertiary/aromatic N) is 1.